The zero-order valence-corrected chi connectivity index (χ0v) is 18.9. The molecule has 0 amide bonds. The highest BCUT2D eigenvalue weighted by Gasteiger charge is 2.46. The molecule has 3 nitrogen and oxygen atoms in total. The van der Waals surface area contributed by atoms with E-state index in [0.29, 0.717) is 23.2 Å². The van der Waals surface area contributed by atoms with Gasteiger partial charge in [-0.15, -0.1) is 0 Å². The molecule has 5 heteroatoms. The van der Waals surface area contributed by atoms with Crippen molar-refractivity contribution in [2.24, 2.45) is 0 Å². The highest BCUT2D eigenvalue weighted by Crippen LogP contribution is 2.42. The molecule has 0 bridgehead atoms. The third kappa shape index (κ3) is 6.07. The third-order valence-electron chi connectivity index (χ3n) is 5.31. The van der Waals surface area contributed by atoms with Gasteiger partial charge in [-0.1, -0.05) is 53.7 Å². The van der Waals surface area contributed by atoms with Crippen molar-refractivity contribution >= 4 is 8.32 Å². The molecule has 0 radical (unpaired) electrons. The van der Waals surface area contributed by atoms with Crippen LogP contribution in [0.4, 0.5) is 4.39 Å². The normalized spacial score (nSPS) is 14.9. The first-order valence-electron chi connectivity index (χ1n) is 9.71. The van der Waals surface area contributed by atoms with Gasteiger partial charge < -0.3 is 14.5 Å². The van der Waals surface area contributed by atoms with Crippen LogP contribution in [-0.4, -0.2) is 34.2 Å². The molecular weight excluding hydrogens is 345 g/mol. The van der Waals surface area contributed by atoms with Gasteiger partial charge in [0.2, 0.25) is 0 Å². The van der Waals surface area contributed by atoms with Crippen molar-refractivity contribution < 1.29 is 13.6 Å². The molecule has 0 fully saturated rings. The van der Waals surface area contributed by atoms with Gasteiger partial charge in [0.15, 0.2) is 8.32 Å². The van der Waals surface area contributed by atoms with E-state index in [-0.39, 0.29) is 13.2 Å². The quantitative estimate of drug-likeness (QED) is 0.497. The first-order valence-corrected chi connectivity index (χ1v) is 11.9. The number of hydrogen-bond donors (Lipinski definition) is 1. The first-order chi connectivity index (χ1) is 12.0. The molecule has 1 aromatic carbocycles. The fourth-order valence-electron chi connectivity index (χ4n) is 4.04. The van der Waals surface area contributed by atoms with E-state index in [1.165, 1.54) is 0 Å². The van der Waals surface area contributed by atoms with Gasteiger partial charge in [0.1, 0.15) is 11.4 Å². The Labute approximate surface area is 160 Å². The summed E-state index contributed by atoms with van der Waals surface area (Å²) in [4.78, 5) is 0. The maximum Gasteiger partial charge on any atom is 0.200 e. The zero-order valence-electron chi connectivity index (χ0n) is 17.9. The van der Waals surface area contributed by atoms with Crippen molar-refractivity contribution in [3.05, 3.63) is 29.8 Å². The van der Waals surface area contributed by atoms with Crippen LogP contribution < -0.4 is 10.1 Å². The summed E-state index contributed by atoms with van der Waals surface area (Å²) in [6.07, 6.45) is 0. The maximum absolute atomic E-state index is 15.0. The Kier molecular flexibility index (Phi) is 8.77. The molecule has 0 aliphatic rings. The summed E-state index contributed by atoms with van der Waals surface area (Å²) in [5.74, 6) is 0.829. The number of hydrogen-bond acceptors (Lipinski definition) is 3. The Bertz CT molecular complexity index is 508. The van der Waals surface area contributed by atoms with E-state index in [0.717, 1.165) is 11.3 Å². The minimum absolute atomic E-state index is 0.156. The number of benzene rings is 1. The van der Waals surface area contributed by atoms with Crippen LogP contribution in [0.5, 0.6) is 5.75 Å². The zero-order chi connectivity index (χ0) is 20.0. The molecule has 1 aromatic rings. The second-order valence-corrected chi connectivity index (χ2v) is 13.9. The highest BCUT2D eigenvalue weighted by molar-refractivity contribution is 6.77. The number of ether oxygens (including phenoxy) is 1. The average molecular weight is 384 g/mol. The molecule has 1 N–H and O–H groups in total. The maximum atomic E-state index is 15.0. The van der Waals surface area contributed by atoms with Gasteiger partial charge in [0.05, 0.1) is 13.7 Å². The van der Waals surface area contributed by atoms with E-state index < -0.39 is 14.0 Å². The van der Waals surface area contributed by atoms with Crippen LogP contribution in [0.2, 0.25) is 16.6 Å². The van der Waals surface area contributed by atoms with E-state index in [9.17, 15) is 0 Å². The molecule has 26 heavy (non-hydrogen) atoms. The molecule has 0 saturated heterocycles. The van der Waals surface area contributed by atoms with Gasteiger partial charge in [-0.3, -0.25) is 0 Å². The summed E-state index contributed by atoms with van der Waals surface area (Å²) in [7, 11) is -0.383. The lowest BCUT2D eigenvalue weighted by molar-refractivity contribution is 0.0897. The Morgan fingerprint density at radius 3 is 1.92 bits per heavy atom. The number of alkyl halides is 1. The minimum Gasteiger partial charge on any atom is -0.497 e. The van der Waals surface area contributed by atoms with Crippen molar-refractivity contribution in [1.82, 2.24) is 5.32 Å². The van der Waals surface area contributed by atoms with E-state index in [1.54, 1.807) is 14.0 Å². The predicted molar refractivity (Wildman–Crippen MR) is 111 cm³/mol. The number of nitrogens with one attached hydrogen (secondary N) is 1. The van der Waals surface area contributed by atoms with Crippen LogP contribution in [0.15, 0.2) is 24.3 Å². The van der Waals surface area contributed by atoms with E-state index in [1.807, 2.05) is 24.3 Å². The summed E-state index contributed by atoms with van der Waals surface area (Å²) in [6.45, 7) is 16.0. The van der Waals surface area contributed by atoms with Crippen molar-refractivity contribution in [3.63, 3.8) is 0 Å². The van der Waals surface area contributed by atoms with Crippen molar-refractivity contribution in [2.45, 2.75) is 77.3 Å². The molecule has 0 aromatic heterocycles. The van der Waals surface area contributed by atoms with Crippen LogP contribution in [0.3, 0.4) is 0 Å². The lowest BCUT2D eigenvalue weighted by Gasteiger charge is -2.43. The minimum atomic E-state index is -2.03. The Hall–Kier alpha value is -0.913. The van der Waals surface area contributed by atoms with Crippen LogP contribution in [0.1, 0.15) is 54.0 Å². The van der Waals surface area contributed by atoms with Gasteiger partial charge in [-0.25, -0.2) is 4.39 Å². The lowest BCUT2D eigenvalue weighted by Crippen LogP contribution is -2.51. The first kappa shape index (κ1) is 23.1. The summed E-state index contributed by atoms with van der Waals surface area (Å²) < 4.78 is 26.6. The second kappa shape index (κ2) is 9.86. The van der Waals surface area contributed by atoms with Crippen LogP contribution in [-0.2, 0) is 11.0 Å². The monoisotopic (exact) mass is 383 g/mol. The molecule has 0 spiro atoms. The molecule has 1 atom stereocenters. The van der Waals surface area contributed by atoms with Crippen LogP contribution in [0, 0.1) is 0 Å². The summed E-state index contributed by atoms with van der Waals surface area (Å²) in [5, 5.41) is 3.22. The van der Waals surface area contributed by atoms with E-state index >= 15 is 4.39 Å². The van der Waals surface area contributed by atoms with Gasteiger partial charge in [0, 0.05) is 13.1 Å². The predicted octanol–water partition coefficient (Wildman–Crippen LogP) is 5.71. The van der Waals surface area contributed by atoms with Gasteiger partial charge >= 0.3 is 0 Å². The molecule has 0 aliphatic heterocycles. The molecule has 0 heterocycles. The highest BCUT2D eigenvalue weighted by atomic mass is 28.4. The number of rotatable bonds is 11. The Morgan fingerprint density at radius 2 is 1.50 bits per heavy atom. The molecular formula is C21H38FNO2Si. The van der Waals surface area contributed by atoms with Crippen LogP contribution >= 0.6 is 0 Å². The fraction of sp³-hybridized carbons (Fsp3) is 0.714. The molecule has 0 aliphatic carbocycles. The van der Waals surface area contributed by atoms with Crippen molar-refractivity contribution in [1.29, 1.82) is 0 Å². The number of methoxy groups -OCH3 is 1. The molecule has 150 valence electrons. The Morgan fingerprint density at radius 1 is 1.00 bits per heavy atom. The van der Waals surface area contributed by atoms with Gasteiger partial charge in [-0.2, -0.15) is 0 Å². The van der Waals surface area contributed by atoms with E-state index in [4.69, 9.17) is 9.16 Å². The molecule has 1 rings (SSSR count). The molecule has 0 unspecified atom stereocenters. The summed E-state index contributed by atoms with van der Waals surface area (Å²) in [5.41, 5.74) is 1.11. The fourth-order valence-corrected chi connectivity index (χ4v) is 9.59. The summed E-state index contributed by atoms with van der Waals surface area (Å²) in [6, 6.07) is 7.82. The summed E-state index contributed by atoms with van der Waals surface area (Å²) >= 11 is 0. The second-order valence-electron chi connectivity index (χ2n) is 8.47. The van der Waals surface area contributed by atoms with Crippen molar-refractivity contribution in [2.75, 3.05) is 20.3 Å². The topological polar surface area (TPSA) is 30.5 Å². The van der Waals surface area contributed by atoms with Crippen molar-refractivity contribution in [3.8, 4) is 5.75 Å². The van der Waals surface area contributed by atoms with Gasteiger partial charge in [0.25, 0.3) is 0 Å². The smallest absolute Gasteiger partial charge is 0.200 e. The third-order valence-corrected chi connectivity index (χ3v) is 11.4. The molecule has 0 saturated carbocycles. The van der Waals surface area contributed by atoms with E-state index in [2.05, 4.69) is 46.9 Å². The standard InChI is InChI=1S/C21H38FNO2Si/c1-16(2)26(17(3)4,18(5)6)25-15-21(7,22)14-23-13-19-9-11-20(24-8)12-10-19/h9-12,16-18,23H,13-15H2,1-8H3/t21-/m0/s1. The number of halogens is 1. The Balaban J connectivity index is 2.61. The van der Waals surface area contributed by atoms with Crippen LogP contribution in [0.25, 0.3) is 0 Å². The largest absolute Gasteiger partial charge is 0.497 e. The lowest BCUT2D eigenvalue weighted by atomic mass is 10.1. The SMILES string of the molecule is COc1ccc(CNC[C@](C)(F)CO[Si](C(C)C)(C(C)C)C(C)C)cc1. The van der Waals surface area contributed by atoms with Gasteiger partial charge in [-0.05, 0) is 41.2 Å². The average Bonchev–Trinajstić information content (AvgIpc) is 2.54.